The Balaban J connectivity index is 1.59. The smallest absolute Gasteiger partial charge is 0.469 e. The fourth-order valence-electron chi connectivity index (χ4n) is 3.17. The molecule has 0 bridgehead atoms. The molecule has 1 heterocycles. The number of rotatable bonds is 13. The number of benzene rings is 2. The number of aromatic nitrogens is 2. The highest BCUT2D eigenvalue weighted by atomic mass is 32.1. The highest BCUT2D eigenvalue weighted by Gasteiger charge is 2.35. The lowest BCUT2D eigenvalue weighted by Crippen LogP contribution is -2.37. The molecule has 0 aliphatic rings. The van der Waals surface area contributed by atoms with Crippen LogP contribution in [-0.4, -0.2) is 39.8 Å². The molecule has 0 amide bonds. The van der Waals surface area contributed by atoms with Crippen molar-refractivity contribution < 1.29 is 45.9 Å². The Morgan fingerprint density at radius 3 is 2.29 bits per heavy atom. The van der Waals surface area contributed by atoms with Gasteiger partial charge in [-0.1, -0.05) is 23.5 Å². The lowest BCUT2D eigenvalue weighted by molar-refractivity contribution is -0.138. The van der Waals surface area contributed by atoms with Crippen LogP contribution < -0.4 is 15.2 Å². The molecule has 2 aromatic carbocycles. The second kappa shape index (κ2) is 12.5. The molecule has 0 spiro atoms. The third kappa shape index (κ3) is 8.72. The summed E-state index contributed by atoms with van der Waals surface area (Å²) in [4.78, 5) is 17.8. The quantitative estimate of drug-likeness (QED) is 0.140. The normalized spacial score (nSPS) is 13.8. The van der Waals surface area contributed by atoms with Crippen molar-refractivity contribution in [2.24, 2.45) is 5.73 Å². The summed E-state index contributed by atoms with van der Waals surface area (Å²) >= 11 is 0.873. The van der Waals surface area contributed by atoms with Crippen molar-refractivity contribution in [3.63, 3.8) is 0 Å². The maximum Gasteiger partial charge on any atom is 0.469 e. The monoisotopic (exact) mass is 579 g/mol. The number of nitrogens with zero attached hydrogens (tertiary/aromatic N) is 2. The second-order valence-electron chi connectivity index (χ2n) is 8.49. The fourth-order valence-corrected chi connectivity index (χ4v) is 4.49. The van der Waals surface area contributed by atoms with E-state index in [-0.39, 0.29) is 40.3 Å². The number of ether oxygens (including phenoxy) is 2. The lowest BCUT2D eigenvalue weighted by atomic mass is 10.1. The fraction of sp³-hybridized carbons (Fsp3) is 0.391. The van der Waals surface area contributed by atoms with Crippen LogP contribution >= 0.6 is 19.2 Å². The summed E-state index contributed by atoms with van der Waals surface area (Å²) in [6, 6.07) is 9.49. The number of hydrogen-bond acceptors (Lipinski definition) is 8. The van der Waals surface area contributed by atoms with Crippen molar-refractivity contribution in [1.82, 2.24) is 10.2 Å². The van der Waals surface area contributed by atoms with Crippen LogP contribution in [-0.2, 0) is 20.8 Å². The Kier molecular flexibility index (Phi) is 9.85. The van der Waals surface area contributed by atoms with Gasteiger partial charge in [0.2, 0.25) is 0 Å². The van der Waals surface area contributed by atoms with Crippen molar-refractivity contribution in [1.29, 1.82) is 0 Å². The van der Waals surface area contributed by atoms with Crippen LogP contribution in [0.1, 0.15) is 36.8 Å². The summed E-state index contributed by atoms with van der Waals surface area (Å²) in [6.07, 6.45) is -3.07. The summed E-state index contributed by atoms with van der Waals surface area (Å²) < 4.78 is 80.9. The average Bonchev–Trinajstić information content (AvgIpc) is 3.34. The van der Waals surface area contributed by atoms with Crippen LogP contribution in [0.5, 0.6) is 11.5 Å². The molecule has 0 saturated carbocycles. The van der Waals surface area contributed by atoms with E-state index in [1.54, 1.807) is 12.1 Å². The molecule has 0 aliphatic carbocycles. The summed E-state index contributed by atoms with van der Waals surface area (Å²) in [5, 5.41) is 7.98. The Hall–Kier alpha value is -2.61. The van der Waals surface area contributed by atoms with Gasteiger partial charge in [0.05, 0.1) is 30.9 Å². The summed E-state index contributed by atoms with van der Waals surface area (Å²) in [5.74, 6) is -0.659. The molecule has 9 nitrogen and oxygen atoms in total. The van der Waals surface area contributed by atoms with E-state index in [4.69, 9.17) is 25.0 Å². The van der Waals surface area contributed by atoms with Gasteiger partial charge in [0.15, 0.2) is 11.6 Å². The van der Waals surface area contributed by atoms with Crippen molar-refractivity contribution in [2.45, 2.75) is 37.9 Å². The molecule has 4 N–H and O–H groups in total. The Bertz CT molecular complexity index is 1270. The van der Waals surface area contributed by atoms with Crippen molar-refractivity contribution in [3.05, 3.63) is 58.9 Å². The molecule has 1 atom stereocenters. The molecule has 3 rings (SSSR count). The SMILES string of the molecule is C[C@](N)(COP(=O)(O)O)c1nnc(-c2ccc(OCCCCCOc3ccccc3F)c(C(F)(F)F)c2)s1. The van der Waals surface area contributed by atoms with Gasteiger partial charge in [-0.15, -0.1) is 10.2 Å². The summed E-state index contributed by atoms with van der Waals surface area (Å²) in [7, 11) is -4.78. The first kappa shape index (κ1) is 29.9. The number of hydrogen-bond donors (Lipinski definition) is 3. The van der Waals surface area contributed by atoms with Crippen LogP contribution in [0, 0.1) is 5.82 Å². The zero-order chi connectivity index (χ0) is 28.0. The van der Waals surface area contributed by atoms with E-state index in [1.165, 1.54) is 31.2 Å². The van der Waals surface area contributed by atoms with Crippen molar-refractivity contribution >= 4 is 19.2 Å². The number of phosphoric acid groups is 1. The molecule has 0 unspecified atom stereocenters. The van der Waals surface area contributed by atoms with Gasteiger partial charge in [-0.25, -0.2) is 8.96 Å². The first-order chi connectivity index (χ1) is 17.8. The molecule has 0 saturated heterocycles. The van der Waals surface area contributed by atoms with Crippen molar-refractivity contribution in [3.8, 4) is 22.1 Å². The number of halogens is 4. The molecule has 15 heteroatoms. The van der Waals surface area contributed by atoms with Gasteiger partial charge in [-0.3, -0.25) is 4.52 Å². The third-order valence-electron chi connectivity index (χ3n) is 5.12. The van der Waals surface area contributed by atoms with E-state index < -0.39 is 37.5 Å². The second-order valence-corrected chi connectivity index (χ2v) is 10.7. The molecular formula is C23H26F4N3O6PS. The predicted molar refractivity (Wildman–Crippen MR) is 131 cm³/mol. The van der Waals surface area contributed by atoms with Crippen LogP contribution in [0.15, 0.2) is 42.5 Å². The van der Waals surface area contributed by atoms with E-state index in [0.29, 0.717) is 19.3 Å². The van der Waals surface area contributed by atoms with Gasteiger partial charge in [0, 0.05) is 5.56 Å². The third-order valence-corrected chi connectivity index (χ3v) is 6.84. The molecule has 38 heavy (non-hydrogen) atoms. The molecule has 3 aromatic rings. The van der Waals surface area contributed by atoms with Crippen LogP contribution in [0.4, 0.5) is 17.6 Å². The summed E-state index contributed by atoms with van der Waals surface area (Å²) in [6.45, 7) is 1.12. The average molecular weight is 580 g/mol. The van der Waals surface area contributed by atoms with Gasteiger partial charge in [0.25, 0.3) is 0 Å². The Labute approximate surface area is 219 Å². The molecule has 208 valence electrons. The molecule has 0 fully saturated rings. The minimum Gasteiger partial charge on any atom is -0.493 e. The number of nitrogens with two attached hydrogens (primary N) is 1. The highest BCUT2D eigenvalue weighted by molar-refractivity contribution is 7.46. The van der Waals surface area contributed by atoms with E-state index in [2.05, 4.69) is 14.7 Å². The molecule has 1 aromatic heterocycles. The first-order valence-electron chi connectivity index (χ1n) is 11.3. The lowest BCUT2D eigenvalue weighted by Gasteiger charge is -2.21. The van der Waals surface area contributed by atoms with Crippen molar-refractivity contribution in [2.75, 3.05) is 19.8 Å². The minimum absolute atomic E-state index is 0.0379. The van der Waals surface area contributed by atoms with Gasteiger partial charge >= 0.3 is 14.0 Å². The number of para-hydroxylation sites is 1. The maximum atomic E-state index is 13.8. The molecule has 0 radical (unpaired) electrons. The number of phosphoric ester groups is 1. The van der Waals surface area contributed by atoms with Crippen LogP contribution in [0.25, 0.3) is 10.6 Å². The standard InChI is InChI=1S/C23H26F4N3O6PS/c1-22(28,14-36-37(31,32)33)21-30-29-20(38-21)15-9-10-18(16(13-15)23(25,26)27)34-11-5-2-6-12-35-19-8-4-3-7-17(19)24/h3-4,7-10,13H,2,5-6,11-12,14,28H2,1H3,(H2,31,32,33)/t22-/m0/s1. The molecular weight excluding hydrogens is 553 g/mol. The van der Waals surface area contributed by atoms with E-state index >= 15 is 0 Å². The van der Waals surface area contributed by atoms with Gasteiger partial charge in [-0.05, 0) is 56.5 Å². The minimum atomic E-state index is -4.78. The predicted octanol–water partition coefficient (Wildman–Crippen LogP) is 5.27. The zero-order valence-electron chi connectivity index (χ0n) is 20.2. The number of unbranched alkanes of at least 4 members (excludes halogenated alkanes) is 2. The highest BCUT2D eigenvalue weighted by Crippen LogP contribution is 2.41. The maximum absolute atomic E-state index is 13.8. The van der Waals surface area contributed by atoms with E-state index in [9.17, 15) is 22.1 Å². The van der Waals surface area contributed by atoms with Gasteiger partial charge in [-0.2, -0.15) is 13.2 Å². The largest absolute Gasteiger partial charge is 0.493 e. The van der Waals surface area contributed by atoms with E-state index in [0.717, 1.165) is 17.4 Å². The van der Waals surface area contributed by atoms with E-state index in [1.807, 2.05) is 0 Å². The van der Waals surface area contributed by atoms with Crippen LogP contribution in [0.3, 0.4) is 0 Å². The first-order valence-corrected chi connectivity index (χ1v) is 13.7. The van der Waals surface area contributed by atoms with Gasteiger partial charge in [0.1, 0.15) is 15.8 Å². The Morgan fingerprint density at radius 1 is 1.00 bits per heavy atom. The topological polar surface area (TPSA) is 137 Å². The summed E-state index contributed by atoms with van der Waals surface area (Å²) in [5.41, 5.74) is 3.70. The van der Waals surface area contributed by atoms with Crippen LogP contribution in [0.2, 0.25) is 0 Å². The number of alkyl halides is 3. The molecule has 0 aliphatic heterocycles. The zero-order valence-corrected chi connectivity index (χ0v) is 21.9. The van der Waals surface area contributed by atoms with Gasteiger partial charge < -0.3 is 25.0 Å². The Morgan fingerprint density at radius 2 is 1.66 bits per heavy atom.